The number of nitrogens with two attached hydrogens (primary N) is 1. The van der Waals surface area contributed by atoms with Crippen LogP contribution >= 0.6 is 11.9 Å². The van der Waals surface area contributed by atoms with E-state index in [9.17, 15) is 14.4 Å². The highest BCUT2D eigenvalue weighted by Gasteiger charge is 2.34. The number of halogens is 1. The lowest BCUT2D eigenvalue weighted by atomic mass is 9.93. The second-order valence-corrected chi connectivity index (χ2v) is 7.78. The highest BCUT2D eigenvalue weighted by molar-refractivity contribution is 7.97. The molecule has 3 rings (SSSR count). The van der Waals surface area contributed by atoms with Gasteiger partial charge in [0.2, 0.25) is 5.96 Å². The Bertz CT molecular complexity index is 1040. The van der Waals surface area contributed by atoms with Crippen LogP contribution in [0.2, 0.25) is 0 Å². The maximum atomic E-state index is 14.6. The van der Waals surface area contributed by atoms with Gasteiger partial charge < -0.3 is 15.8 Å². The third-order valence-corrected chi connectivity index (χ3v) is 5.89. The fourth-order valence-corrected chi connectivity index (χ4v) is 3.78. The third-order valence-electron chi connectivity index (χ3n) is 4.62. The highest BCUT2D eigenvalue weighted by Crippen LogP contribution is 2.36. The monoisotopic (exact) mass is 413 g/mol. The number of carbonyl (C=O) groups excluding carboxylic acids is 1. The molecule has 1 heterocycles. The lowest BCUT2D eigenvalue weighted by Gasteiger charge is -2.34. The van der Waals surface area contributed by atoms with Gasteiger partial charge >= 0.3 is 0 Å². The summed E-state index contributed by atoms with van der Waals surface area (Å²) in [6, 6.07) is 10.9. The summed E-state index contributed by atoms with van der Waals surface area (Å²) in [5.41, 5.74) is 6.14. The molecule has 0 fully saturated rings. The number of rotatable bonds is 4. The van der Waals surface area contributed by atoms with Crippen LogP contribution in [0.3, 0.4) is 0 Å². The van der Waals surface area contributed by atoms with Gasteiger partial charge in [0.25, 0.3) is 5.91 Å². The summed E-state index contributed by atoms with van der Waals surface area (Å²) in [6.45, 7) is 1.79. The van der Waals surface area contributed by atoms with Gasteiger partial charge in [-0.1, -0.05) is 0 Å². The summed E-state index contributed by atoms with van der Waals surface area (Å²) in [4.78, 5) is 17.1. The van der Waals surface area contributed by atoms with Crippen molar-refractivity contribution in [1.29, 1.82) is 5.26 Å². The number of amides is 1. The molecule has 0 spiro atoms. The van der Waals surface area contributed by atoms with E-state index in [-0.39, 0.29) is 11.1 Å². The minimum atomic E-state index is -0.871. The van der Waals surface area contributed by atoms with Crippen LogP contribution in [0.25, 0.3) is 0 Å². The van der Waals surface area contributed by atoms with Gasteiger partial charge in [-0.15, -0.1) is 0 Å². The van der Waals surface area contributed by atoms with Crippen molar-refractivity contribution in [2.75, 3.05) is 25.2 Å². The van der Waals surface area contributed by atoms with Crippen molar-refractivity contribution in [3.8, 4) is 11.8 Å². The zero-order valence-corrected chi connectivity index (χ0v) is 17.0. The molecule has 0 unspecified atom stereocenters. The molecule has 0 radical (unpaired) electrons. The van der Waals surface area contributed by atoms with E-state index in [0.717, 1.165) is 0 Å². The van der Waals surface area contributed by atoms with E-state index in [2.05, 4.69) is 10.3 Å². The molecule has 150 valence electrons. The number of aliphatic imine (C=N–C) groups is 1. The number of methoxy groups -OCH3 is 1. The Hall–Kier alpha value is -3.25. The first-order valence-corrected chi connectivity index (χ1v) is 9.63. The number of anilines is 1. The fraction of sp³-hybridized carbons (Fsp3) is 0.250. The second-order valence-electron chi connectivity index (χ2n) is 6.69. The van der Waals surface area contributed by atoms with Crippen molar-refractivity contribution in [2.24, 2.45) is 10.7 Å². The Labute approximate surface area is 172 Å². The van der Waals surface area contributed by atoms with E-state index in [0.29, 0.717) is 28.7 Å². The number of guanidine groups is 1. The molecule has 2 aromatic rings. The van der Waals surface area contributed by atoms with Crippen LogP contribution < -0.4 is 15.8 Å². The molecule has 0 aromatic heterocycles. The summed E-state index contributed by atoms with van der Waals surface area (Å²) in [6.07, 6.45) is 0. The Morgan fingerprint density at radius 2 is 2.17 bits per heavy atom. The van der Waals surface area contributed by atoms with Crippen molar-refractivity contribution in [2.45, 2.75) is 12.5 Å². The van der Waals surface area contributed by atoms with Gasteiger partial charge in [0.05, 0.1) is 18.2 Å². The Kier molecular flexibility index (Phi) is 5.66. The normalized spacial score (nSPS) is 18.6. The second kappa shape index (κ2) is 8.01. The first-order valence-electron chi connectivity index (χ1n) is 8.69. The molecular weight excluding hydrogens is 393 g/mol. The number of nitrogens with one attached hydrogen (secondary N) is 1. The Morgan fingerprint density at radius 1 is 1.41 bits per heavy atom. The van der Waals surface area contributed by atoms with E-state index < -0.39 is 17.3 Å². The quantitative estimate of drug-likeness (QED) is 0.747. The van der Waals surface area contributed by atoms with Crippen molar-refractivity contribution in [1.82, 2.24) is 4.31 Å². The fourth-order valence-electron chi connectivity index (χ4n) is 2.94. The maximum absolute atomic E-state index is 14.6. The van der Waals surface area contributed by atoms with Crippen LogP contribution in [0.1, 0.15) is 28.4 Å². The number of ether oxygens (including phenoxy) is 1. The Balaban J connectivity index is 1.92. The van der Waals surface area contributed by atoms with E-state index in [1.807, 2.05) is 6.07 Å². The molecule has 7 nitrogen and oxygen atoms in total. The number of nitriles is 1. The molecule has 0 saturated heterocycles. The summed E-state index contributed by atoms with van der Waals surface area (Å²) < 4.78 is 21.4. The highest BCUT2D eigenvalue weighted by atomic mass is 32.2. The standard InChI is InChI=1S/C20H20FN5O2S/c1-20(11-29-26(2)19(23)25-20)16-9-13(4-7-17(16)21)24-18(27)15-6-5-14(28-3)8-12(15)10-22/h4-9H,11H2,1-3H3,(H2,23,25)(H,24,27)/t20-/m0/s1. The van der Waals surface area contributed by atoms with Crippen molar-refractivity contribution < 1.29 is 13.9 Å². The van der Waals surface area contributed by atoms with Crippen LogP contribution in [0.4, 0.5) is 10.1 Å². The summed E-state index contributed by atoms with van der Waals surface area (Å²) in [7, 11) is 3.27. The van der Waals surface area contributed by atoms with Crippen LogP contribution in [-0.2, 0) is 5.54 Å². The lowest BCUT2D eigenvalue weighted by Crippen LogP contribution is -2.40. The van der Waals surface area contributed by atoms with Gasteiger partial charge in [0.1, 0.15) is 23.2 Å². The lowest BCUT2D eigenvalue weighted by molar-refractivity contribution is 0.102. The van der Waals surface area contributed by atoms with E-state index >= 15 is 0 Å². The van der Waals surface area contributed by atoms with E-state index in [4.69, 9.17) is 10.5 Å². The number of hydrogen-bond donors (Lipinski definition) is 2. The molecule has 0 bridgehead atoms. The summed E-state index contributed by atoms with van der Waals surface area (Å²) in [5, 5.41) is 12.0. The van der Waals surface area contributed by atoms with E-state index in [1.54, 1.807) is 30.4 Å². The van der Waals surface area contributed by atoms with E-state index in [1.165, 1.54) is 43.3 Å². The summed E-state index contributed by atoms with van der Waals surface area (Å²) in [5.74, 6) is 0.358. The van der Waals surface area contributed by atoms with Gasteiger partial charge in [0, 0.05) is 24.1 Å². The first-order chi connectivity index (χ1) is 13.8. The SMILES string of the molecule is COc1ccc(C(=O)Nc2ccc(F)c([C@]3(C)CSN(C)C(N)=N3)c2)c(C#N)c1. The van der Waals surface area contributed by atoms with Crippen LogP contribution in [0.15, 0.2) is 41.4 Å². The molecule has 2 aromatic carbocycles. The minimum absolute atomic E-state index is 0.181. The predicted octanol–water partition coefficient (Wildman–Crippen LogP) is 3.08. The minimum Gasteiger partial charge on any atom is -0.497 e. The van der Waals surface area contributed by atoms with Gasteiger partial charge in [0.15, 0.2) is 0 Å². The molecule has 1 atom stereocenters. The average molecular weight is 413 g/mol. The molecule has 9 heteroatoms. The summed E-state index contributed by atoms with van der Waals surface area (Å²) >= 11 is 1.44. The molecule has 1 amide bonds. The van der Waals surface area contributed by atoms with Crippen molar-refractivity contribution in [3.63, 3.8) is 0 Å². The topological polar surface area (TPSA) is 104 Å². The van der Waals surface area contributed by atoms with Gasteiger partial charge in [-0.25, -0.2) is 9.38 Å². The molecule has 1 aliphatic heterocycles. The largest absolute Gasteiger partial charge is 0.497 e. The smallest absolute Gasteiger partial charge is 0.257 e. The van der Waals surface area contributed by atoms with Crippen molar-refractivity contribution in [3.05, 3.63) is 58.9 Å². The maximum Gasteiger partial charge on any atom is 0.257 e. The zero-order valence-electron chi connectivity index (χ0n) is 16.2. The number of nitrogens with zero attached hydrogens (tertiary/aromatic N) is 3. The molecular formula is C20H20FN5O2S. The molecule has 3 N–H and O–H groups in total. The predicted molar refractivity (Wildman–Crippen MR) is 111 cm³/mol. The van der Waals surface area contributed by atoms with Crippen LogP contribution in [0.5, 0.6) is 5.75 Å². The number of carbonyl (C=O) groups is 1. The van der Waals surface area contributed by atoms with Gasteiger partial charge in [-0.3, -0.25) is 9.10 Å². The Morgan fingerprint density at radius 3 is 2.83 bits per heavy atom. The first kappa shape index (κ1) is 20.5. The average Bonchev–Trinajstić information content (AvgIpc) is 2.71. The molecule has 29 heavy (non-hydrogen) atoms. The van der Waals surface area contributed by atoms with Crippen molar-refractivity contribution >= 4 is 29.5 Å². The zero-order chi connectivity index (χ0) is 21.2. The number of benzene rings is 2. The third kappa shape index (κ3) is 4.12. The van der Waals surface area contributed by atoms with Crippen LogP contribution in [-0.4, -0.2) is 36.1 Å². The molecule has 1 aliphatic rings. The molecule has 0 aliphatic carbocycles. The van der Waals surface area contributed by atoms with Gasteiger partial charge in [-0.05, 0) is 55.3 Å². The van der Waals surface area contributed by atoms with Gasteiger partial charge in [-0.2, -0.15) is 5.26 Å². The number of hydrogen-bond acceptors (Lipinski definition) is 7. The van der Waals surface area contributed by atoms with Crippen LogP contribution in [0, 0.1) is 17.1 Å². The molecule has 0 saturated carbocycles.